The molecule has 0 amide bonds. The van der Waals surface area contributed by atoms with Crippen LogP contribution in [0.1, 0.15) is 27.9 Å². The van der Waals surface area contributed by atoms with Crippen LogP contribution in [0.5, 0.6) is 0 Å². The van der Waals surface area contributed by atoms with Gasteiger partial charge in [0.05, 0.1) is 5.69 Å². The van der Waals surface area contributed by atoms with Gasteiger partial charge in [0.2, 0.25) is 0 Å². The van der Waals surface area contributed by atoms with Gasteiger partial charge in [0.1, 0.15) is 0 Å². The average Bonchev–Trinajstić information content (AvgIpc) is 2.84. The van der Waals surface area contributed by atoms with Crippen LogP contribution in [0.3, 0.4) is 0 Å². The molecular weight excluding hydrogens is 310 g/mol. The lowest BCUT2D eigenvalue weighted by Gasteiger charge is -2.15. The fourth-order valence-electron chi connectivity index (χ4n) is 2.20. The zero-order valence-electron chi connectivity index (χ0n) is 11.1. The Hall–Kier alpha value is -0.650. The molecule has 1 atom stereocenters. The first kappa shape index (κ1) is 13.8. The van der Waals surface area contributed by atoms with E-state index in [4.69, 9.17) is 0 Å². The van der Waals surface area contributed by atoms with Crippen molar-refractivity contribution in [3.63, 3.8) is 0 Å². The molecule has 0 bridgehead atoms. The lowest BCUT2D eigenvalue weighted by atomic mass is 10.0. The fraction of sp³-hybridized carbons (Fsp3) is 0.462. The molecule has 0 radical (unpaired) electrons. The van der Waals surface area contributed by atoms with Gasteiger partial charge in [-0.15, -0.1) is 11.3 Å². The zero-order chi connectivity index (χ0) is 13.3. The van der Waals surface area contributed by atoms with Crippen LogP contribution in [-0.4, -0.2) is 16.8 Å². The number of hydrogen-bond acceptors (Lipinski definition) is 3. The summed E-state index contributed by atoms with van der Waals surface area (Å²) in [7, 11) is 4.01. The number of likely N-dealkylation sites (N-methyl/N-ethyl adjacent to an activating group) is 1. The van der Waals surface area contributed by atoms with Crippen LogP contribution in [0, 0.1) is 13.8 Å². The summed E-state index contributed by atoms with van der Waals surface area (Å²) in [6.45, 7) is 4.21. The van der Waals surface area contributed by atoms with Crippen LogP contribution in [-0.2, 0) is 13.5 Å². The molecular formula is C13H18BrN3S. The minimum absolute atomic E-state index is 0.334. The highest BCUT2D eigenvalue weighted by molar-refractivity contribution is 9.10. The Morgan fingerprint density at radius 1 is 1.50 bits per heavy atom. The molecule has 1 unspecified atom stereocenters. The van der Waals surface area contributed by atoms with Gasteiger partial charge >= 0.3 is 0 Å². The van der Waals surface area contributed by atoms with Gasteiger partial charge in [-0.1, -0.05) is 0 Å². The first-order chi connectivity index (χ1) is 8.54. The quantitative estimate of drug-likeness (QED) is 0.933. The van der Waals surface area contributed by atoms with E-state index in [0.29, 0.717) is 6.04 Å². The summed E-state index contributed by atoms with van der Waals surface area (Å²) in [6.07, 6.45) is 0.973. The van der Waals surface area contributed by atoms with Crippen LogP contribution in [0.15, 0.2) is 15.9 Å². The molecule has 0 aliphatic heterocycles. The summed E-state index contributed by atoms with van der Waals surface area (Å²) in [5.74, 6) is 0. The molecule has 1 N–H and O–H groups in total. The zero-order valence-corrected chi connectivity index (χ0v) is 13.5. The van der Waals surface area contributed by atoms with Crippen LogP contribution < -0.4 is 5.32 Å². The van der Waals surface area contributed by atoms with Crippen LogP contribution in [0.25, 0.3) is 0 Å². The number of aryl methyl sites for hydroxylation is 2. The number of rotatable bonds is 4. The Kier molecular flexibility index (Phi) is 4.25. The molecule has 2 heterocycles. The summed E-state index contributed by atoms with van der Waals surface area (Å²) in [5, 5.41) is 10.0. The molecule has 2 aromatic rings. The van der Waals surface area contributed by atoms with Crippen molar-refractivity contribution in [2.45, 2.75) is 26.3 Å². The highest BCUT2D eigenvalue weighted by Crippen LogP contribution is 2.32. The normalized spacial score (nSPS) is 12.9. The van der Waals surface area contributed by atoms with Crippen molar-refractivity contribution in [1.82, 2.24) is 15.1 Å². The topological polar surface area (TPSA) is 29.9 Å². The number of halogens is 1. The predicted molar refractivity (Wildman–Crippen MR) is 80.2 cm³/mol. The van der Waals surface area contributed by atoms with Crippen molar-refractivity contribution in [3.05, 3.63) is 37.7 Å². The van der Waals surface area contributed by atoms with Gasteiger partial charge in [-0.25, -0.2) is 0 Å². The van der Waals surface area contributed by atoms with Crippen molar-refractivity contribution >= 4 is 27.3 Å². The van der Waals surface area contributed by atoms with Crippen molar-refractivity contribution in [2.24, 2.45) is 7.05 Å². The SMILES string of the molecule is CNC(Cc1c(C)nn(C)c1C)c1sccc1Br. The summed E-state index contributed by atoms with van der Waals surface area (Å²) in [6, 6.07) is 2.44. The molecule has 0 fully saturated rings. The third-order valence-corrected chi connectivity index (χ3v) is 5.36. The summed E-state index contributed by atoms with van der Waals surface area (Å²) in [4.78, 5) is 1.35. The third kappa shape index (κ3) is 2.53. The first-order valence-electron chi connectivity index (χ1n) is 5.93. The van der Waals surface area contributed by atoms with Gasteiger partial charge in [0, 0.05) is 28.1 Å². The van der Waals surface area contributed by atoms with Crippen LogP contribution in [0.2, 0.25) is 0 Å². The molecule has 2 rings (SSSR count). The van der Waals surface area contributed by atoms with Gasteiger partial charge in [-0.05, 0) is 60.3 Å². The molecule has 0 aliphatic carbocycles. The van der Waals surface area contributed by atoms with E-state index in [1.807, 2.05) is 18.8 Å². The Balaban J connectivity index is 2.29. The standard InChI is InChI=1S/C13H18BrN3S/c1-8-10(9(2)17(4)16-8)7-12(15-3)13-11(14)5-6-18-13/h5-6,12,15H,7H2,1-4H3. The Morgan fingerprint density at radius 2 is 2.22 bits per heavy atom. The fourth-order valence-corrected chi connectivity index (χ4v) is 3.96. The molecule has 2 aromatic heterocycles. The van der Waals surface area contributed by atoms with E-state index in [2.05, 4.69) is 51.6 Å². The molecule has 0 aliphatic rings. The molecule has 18 heavy (non-hydrogen) atoms. The minimum Gasteiger partial charge on any atom is -0.312 e. The van der Waals surface area contributed by atoms with Crippen molar-refractivity contribution in [1.29, 1.82) is 0 Å². The first-order valence-corrected chi connectivity index (χ1v) is 7.61. The molecule has 0 saturated carbocycles. The van der Waals surface area contributed by atoms with E-state index in [1.165, 1.54) is 20.6 Å². The maximum absolute atomic E-state index is 4.48. The second-order valence-electron chi connectivity index (χ2n) is 4.45. The van der Waals surface area contributed by atoms with E-state index >= 15 is 0 Å². The van der Waals surface area contributed by atoms with Crippen molar-refractivity contribution in [3.8, 4) is 0 Å². The maximum Gasteiger partial charge on any atom is 0.0629 e. The molecule has 3 nitrogen and oxygen atoms in total. The predicted octanol–water partition coefficient (Wildman–Crippen LogP) is 3.36. The smallest absolute Gasteiger partial charge is 0.0629 e. The van der Waals surface area contributed by atoms with Gasteiger partial charge in [-0.3, -0.25) is 4.68 Å². The second-order valence-corrected chi connectivity index (χ2v) is 6.25. The maximum atomic E-state index is 4.48. The molecule has 0 saturated heterocycles. The lowest BCUT2D eigenvalue weighted by molar-refractivity contribution is 0.596. The number of nitrogens with one attached hydrogen (secondary N) is 1. The van der Waals surface area contributed by atoms with Crippen LogP contribution >= 0.6 is 27.3 Å². The van der Waals surface area contributed by atoms with Crippen molar-refractivity contribution in [2.75, 3.05) is 7.05 Å². The Bertz CT molecular complexity index is 544. The van der Waals surface area contributed by atoms with Gasteiger partial charge in [0.25, 0.3) is 0 Å². The van der Waals surface area contributed by atoms with E-state index in [9.17, 15) is 0 Å². The van der Waals surface area contributed by atoms with Gasteiger partial charge in [-0.2, -0.15) is 5.10 Å². The Labute approximate surface area is 120 Å². The van der Waals surface area contributed by atoms with Gasteiger partial charge in [0.15, 0.2) is 0 Å². The van der Waals surface area contributed by atoms with Gasteiger partial charge < -0.3 is 5.32 Å². The number of thiophene rings is 1. The Morgan fingerprint density at radius 3 is 2.67 bits per heavy atom. The largest absolute Gasteiger partial charge is 0.312 e. The van der Waals surface area contributed by atoms with Crippen molar-refractivity contribution < 1.29 is 0 Å². The summed E-state index contributed by atoms with van der Waals surface area (Å²) >= 11 is 5.40. The van der Waals surface area contributed by atoms with E-state index < -0.39 is 0 Å². The van der Waals surface area contributed by atoms with E-state index in [0.717, 1.165) is 12.1 Å². The summed E-state index contributed by atoms with van der Waals surface area (Å²) < 4.78 is 3.15. The number of aromatic nitrogens is 2. The minimum atomic E-state index is 0.334. The monoisotopic (exact) mass is 327 g/mol. The highest BCUT2D eigenvalue weighted by Gasteiger charge is 2.19. The van der Waals surface area contributed by atoms with E-state index in [-0.39, 0.29) is 0 Å². The average molecular weight is 328 g/mol. The number of nitrogens with zero attached hydrogens (tertiary/aromatic N) is 2. The lowest BCUT2D eigenvalue weighted by Crippen LogP contribution is -2.18. The molecule has 0 aromatic carbocycles. The van der Waals surface area contributed by atoms with E-state index in [1.54, 1.807) is 11.3 Å². The molecule has 5 heteroatoms. The third-order valence-electron chi connectivity index (χ3n) is 3.38. The second kappa shape index (κ2) is 5.55. The molecule has 0 spiro atoms. The number of hydrogen-bond donors (Lipinski definition) is 1. The van der Waals surface area contributed by atoms with Crippen LogP contribution in [0.4, 0.5) is 0 Å². The summed E-state index contributed by atoms with van der Waals surface area (Å²) in [5.41, 5.74) is 3.72. The molecule has 98 valence electrons. The highest BCUT2D eigenvalue weighted by atomic mass is 79.9.